The molecule has 2 fully saturated rings. The molecule has 0 unspecified atom stereocenters. The molecular formula is C31H28O5. The quantitative estimate of drug-likeness (QED) is 0.398. The summed E-state index contributed by atoms with van der Waals surface area (Å²) in [5.74, 6) is 2.61. The van der Waals surface area contributed by atoms with Crippen molar-refractivity contribution in [2.75, 3.05) is 14.2 Å². The average molecular weight is 481 g/mol. The molecule has 182 valence electrons. The summed E-state index contributed by atoms with van der Waals surface area (Å²) >= 11 is 0. The molecule has 5 nitrogen and oxygen atoms in total. The smallest absolute Gasteiger partial charge is 0.185 e. The van der Waals surface area contributed by atoms with Crippen LogP contribution in [0.4, 0.5) is 0 Å². The van der Waals surface area contributed by atoms with Gasteiger partial charge in [0.2, 0.25) is 0 Å². The Morgan fingerprint density at radius 2 is 1.44 bits per heavy atom. The average Bonchev–Trinajstić information content (AvgIpc) is 3.68. The zero-order chi connectivity index (χ0) is 24.8. The van der Waals surface area contributed by atoms with Crippen molar-refractivity contribution in [3.8, 4) is 11.5 Å². The maximum Gasteiger partial charge on any atom is 0.185 e. The molecule has 1 heterocycles. The fraction of sp³-hybridized carbons (Fsp3) is 0.290. The molecule has 2 aromatic rings. The van der Waals surface area contributed by atoms with Crippen LogP contribution in [0.2, 0.25) is 0 Å². The summed E-state index contributed by atoms with van der Waals surface area (Å²) in [6.45, 7) is 0. The Bertz CT molecular complexity index is 1310. The molecule has 2 bridgehead atoms. The lowest BCUT2D eigenvalue weighted by Gasteiger charge is -2.24. The first-order valence-electron chi connectivity index (χ1n) is 12.4. The molecule has 0 spiro atoms. The molecular weight excluding hydrogens is 452 g/mol. The topological polar surface area (TPSA) is 61.8 Å². The molecule has 6 atom stereocenters. The van der Waals surface area contributed by atoms with E-state index in [1.165, 1.54) is 0 Å². The number of methoxy groups -OCH3 is 2. The molecule has 1 aliphatic heterocycles. The van der Waals surface area contributed by atoms with Crippen LogP contribution in [0.3, 0.4) is 0 Å². The minimum absolute atomic E-state index is 0.0320. The van der Waals surface area contributed by atoms with Gasteiger partial charge < -0.3 is 14.2 Å². The Morgan fingerprint density at radius 3 is 2.08 bits per heavy atom. The second-order valence-corrected chi connectivity index (χ2v) is 9.87. The normalized spacial score (nSPS) is 29.8. The summed E-state index contributed by atoms with van der Waals surface area (Å²) in [6.07, 6.45) is 12.0. The molecule has 5 heteroatoms. The van der Waals surface area contributed by atoms with Crippen LogP contribution in [0, 0.1) is 29.6 Å². The van der Waals surface area contributed by atoms with Gasteiger partial charge in [0.05, 0.1) is 14.2 Å². The summed E-state index contributed by atoms with van der Waals surface area (Å²) in [5.41, 5.74) is 2.48. The lowest BCUT2D eigenvalue weighted by Crippen LogP contribution is -2.26. The number of hydrogen-bond acceptors (Lipinski definition) is 5. The van der Waals surface area contributed by atoms with Gasteiger partial charge in [0.15, 0.2) is 17.7 Å². The number of carbonyl (C=O) groups is 2. The first kappa shape index (κ1) is 22.6. The summed E-state index contributed by atoms with van der Waals surface area (Å²) in [6, 6.07) is 15.2. The number of allylic oxidation sites excluding steroid dienone is 4. The lowest BCUT2D eigenvalue weighted by atomic mass is 9.77. The van der Waals surface area contributed by atoms with Gasteiger partial charge in [0.25, 0.3) is 0 Å². The maximum absolute atomic E-state index is 13.7. The van der Waals surface area contributed by atoms with Gasteiger partial charge in [-0.25, -0.2) is 0 Å². The Balaban J connectivity index is 1.34. The van der Waals surface area contributed by atoms with Crippen LogP contribution < -0.4 is 9.47 Å². The maximum atomic E-state index is 13.7. The van der Waals surface area contributed by atoms with Crippen molar-refractivity contribution in [3.05, 3.63) is 95.3 Å². The van der Waals surface area contributed by atoms with Crippen LogP contribution in [-0.2, 0) is 14.3 Å². The molecule has 4 aliphatic rings. The van der Waals surface area contributed by atoms with Crippen LogP contribution in [0.15, 0.2) is 84.2 Å². The fourth-order valence-corrected chi connectivity index (χ4v) is 6.44. The van der Waals surface area contributed by atoms with Crippen molar-refractivity contribution in [2.45, 2.75) is 12.5 Å². The summed E-state index contributed by atoms with van der Waals surface area (Å²) in [4.78, 5) is 27.1. The fourth-order valence-electron chi connectivity index (χ4n) is 6.44. The highest BCUT2D eigenvalue weighted by molar-refractivity contribution is 6.09. The first-order valence-corrected chi connectivity index (χ1v) is 12.4. The van der Waals surface area contributed by atoms with Crippen LogP contribution in [-0.4, -0.2) is 31.9 Å². The van der Waals surface area contributed by atoms with E-state index in [4.69, 9.17) is 14.2 Å². The van der Waals surface area contributed by atoms with Crippen molar-refractivity contribution in [2.24, 2.45) is 29.6 Å². The highest BCUT2D eigenvalue weighted by atomic mass is 16.5. The van der Waals surface area contributed by atoms with Gasteiger partial charge in [-0.3, -0.25) is 9.59 Å². The molecule has 0 aromatic heterocycles. The van der Waals surface area contributed by atoms with Gasteiger partial charge in [-0.1, -0.05) is 48.6 Å². The highest BCUT2D eigenvalue weighted by Gasteiger charge is 2.64. The zero-order valence-electron chi connectivity index (χ0n) is 20.3. The van der Waals surface area contributed by atoms with Gasteiger partial charge in [0.1, 0.15) is 17.3 Å². The van der Waals surface area contributed by atoms with E-state index in [0.29, 0.717) is 17.3 Å². The van der Waals surface area contributed by atoms with Gasteiger partial charge in [-0.2, -0.15) is 0 Å². The number of hydrogen-bond donors (Lipinski definition) is 0. The zero-order valence-corrected chi connectivity index (χ0v) is 20.3. The van der Waals surface area contributed by atoms with Crippen molar-refractivity contribution in [1.82, 2.24) is 0 Å². The van der Waals surface area contributed by atoms with E-state index in [-0.39, 0.29) is 35.2 Å². The van der Waals surface area contributed by atoms with E-state index in [9.17, 15) is 9.59 Å². The molecule has 36 heavy (non-hydrogen) atoms. The highest BCUT2D eigenvalue weighted by Crippen LogP contribution is 2.61. The number of ketones is 2. The second kappa shape index (κ2) is 8.98. The minimum Gasteiger partial charge on any atom is -0.497 e. The second-order valence-electron chi connectivity index (χ2n) is 9.87. The van der Waals surface area contributed by atoms with E-state index in [0.717, 1.165) is 29.0 Å². The third-order valence-corrected chi connectivity index (χ3v) is 8.07. The third kappa shape index (κ3) is 3.70. The third-order valence-electron chi connectivity index (χ3n) is 8.07. The van der Waals surface area contributed by atoms with Gasteiger partial charge in [-0.05, 0) is 71.7 Å². The van der Waals surface area contributed by atoms with Crippen molar-refractivity contribution >= 4 is 23.7 Å². The molecule has 0 saturated heterocycles. The Morgan fingerprint density at radius 1 is 0.833 bits per heavy atom. The molecule has 2 saturated carbocycles. The SMILES string of the molecule is COc1ccc(/C=C/C(=O)C2=C(/C=C/c3ccc(OC)cc3)O[C@H]3C(=O)[C@H]4[C@@H]([C@@H]23)[C@H]2C=C[C@@H]4C2)cc1. The van der Waals surface area contributed by atoms with Crippen molar-refractivity contribution < 1.29 is 23.8 Å². The number of benzene rings is 2. The minimum atomic E-state index is -0.575. The van der Waals surface area contributed by atoms with Gasteiger partial charge in [0, 0.05) is 17.4 Å². The Hall–Kier alpha value is -3.86. The number of ether oxygens (including phenoxy) is 3. The number of Topliss-reactive ketones (excluding diaryl/α,β-unsaturated/α-hetero) is 1. The predicted octanol–water partition coefficient (Wildman–Crippen LogP) is 5.29. The predicted molar refractivity (Wildman–Crippen MR) is 137 cm³/mol. The van der Waals surface area contributed by atoms with E-state index in [2.05, 4.69) is 12.2 Å². The van der Waals surface area contributed by atoms with Crippen LogP contribution in [0.25, 0.3) is 12.2 Å². The number of carbonyl (C=O) groups excluding carboxylic acids is 2. The summed E-state index contributed by atoms with van der Waals surface area (Å²) in [7, 11) is 3.26. The van der Waals surface area contributed by atoms with Crippen LogP contribution >= 0.6 is 0 Å². The van der Waals surface area contributed by atoms with Crippen LogP contribution in [0.1, 0.15) is 17.5 Å². The molecule has 0 radical (unpaired) electrons. The van der Waals surface area contributed by atoms with E-state index < -0.39 is 6.10 Å². The lowest BCUT2D eigenvalue weighted by molar-refractivity contribution is -0.128. The molecule has 2 aromatic carbocycles. The Kier molecular flexibility index (Phi) is 5.63. The number of fused-ring (bicyclic) bond motifs is 7. The summed E-state index contributed by atoms with van der Waals surface area (Å²) in [5, 5.41) is 0. The molecule has 3 aliphatic carbocycles. The molecule has 0 N–H and O–H groups in total. The van der Waals surface area contributed by atoms with Crippen LogP contribution in [0.5, 0.6) is 11.5 Å². The molecule has 0 amide bonds. The molecule has 6 rings (SSSR count). The van der Waals surface area contributed by atoms with E-state index in [1.807, 2.05) is 66.8 Å². The Labute approximate surface area is 210 Å². The van der Waals surface area contributed by atoms with E-state index in [1.54, 1.807) is 20.3 Å². The number of rotatable bonds is 7. The monoisotopic (exact) mass is 480 g/mol. The van der Waals surface area contributed by atoms with E-state index >= 15 is 0 Å². The van der Waals surface area contributed by atoms with Crippen molar-refractivity contribution in [3.63, 3.8) is 0 Å². The first-order chi connectivity index (χ1) is 17.6. The standard InChI is InChI=1S/C31H28O5/c1-34-22-11-3-18(4-12-22)7-15-24(32)28-25(16-8-19-5-13-23(35-2)14-6-19)36-31-29(28)26-20-9-10-21(17-20)27(26)30(31)33/h3-16,20-21,26-27,29,31H,17H2,1-2H3/b15-7+,16-8+/t20-,21+,26-,27+,29-,31+/m0/s1. The van der Waals surface area contributed by atoms with Gasteiger partial charge in [-0.15, -0.1) is 0 Å². The largest absolute Gasteiger partial charge is 0.497 e. The summed E-state index contributed by atoms with van der Waals surface area (Å²) < 4.78 is 16.7. The van der Waals surface area contributed by atoms with Crippen molar-refractivity contribution in [1.29, 1.82) is 0 Å². The van der Waals surface area contributed by atoms with Gasteiger partial charge >= 0.3 is 0 Å².